The molecule has 1 aromatic rings. The van der Waals surface area contributed by atoms with Gasteiger partial charge in [0.15, 0.2) is 0 Å². The van der Waals surface area contributed by atoms with E-state index in [4.69, 9.17) is 0 Å². The topological polar surface area (TPSA) is 0 Å². The summed E-state index contributed by atoms with van der Waals surface area (Å²) >= 11 is 6.79. The van der Waals surface area contributed by atoms with Crippen molar-refractivity contribution in [2.75, 3.05) is 5.33 Å². The molecule has 78 valence electrons. The van der Waals surface area contributed by atoms with Crippen LogP contribution < -0.4 is 0 Å². The molecular formula is C11H13Br2F. The number of halogens is 3. The first-order chi connectivity index (χ1) is 6.67. The van der Waals surface area contributed by atoms with Crippen molar-refractivity contribution in [3.05, 3.63) is 34.1 Å². The third-order valence-corrected chi connectivity index (χ3v) is 3.72. The van der Waals surface area contributed by atoms with Crippen LogP contribution in [0.2, 0.25) is 0 Å². The maximum atomic E-state index is 13.4. The van der Waals surface area contributed by atoms with E-state index in [0.717, 1.165) is 28.2 Å². The molecule has 0 saturated heterocycles. The van der Waals surface area contributed by atoms with Gasteiger partial charge in [0.05, 0.1) is 0 Å². The van der Waals surface area contributed by atoms with E-state index in [1.807, 2.05) is 6.07 Å². The molecule has 1 rings (SSSR count). The van der Waals surface area contributed by atoms with E-state index in [1.54, 1.807) is 6.07 Å². The Morgan fingerprint density at radius 3 is 2.71 bits per heavy atom. The van der Waals surface area contributed by atoms with Gasteiger partial charge in [-0.1, -0.05) is 45.2 Å². The number of hydrogen-bond acceptors (Lipinski definition) is 0. The minimum Gasteiger partial charge on any atom is -0.207 e. The average Bonchev–Trinajstić information content (AvgIpc) is 2.19. The first-order valence-corrected chi connectivity index (χ1v) is 6.58. The zero-order valence-corrected chi connectivity index (χ0v) is 11.2. The average molecular weight is 324 g/mol. The lowest BCUT2D eigenvalue weighted by Crippen LogP contribution is -2.06. The van der Waals surface area contributed by atoms with Crippen molar-refractivity contribution in [3.8, 4) is 0 Å². The molecule has 0 spiro atoms. The van der Waals surface area contributed by atoms with Gasteiger partial charge in [-0.15, -0.1) is 0 Å². The van der Waals surface area contributed by atoms with Crippen molar-refractivity contribution in [1.29, 1.82) is 0 Å². The maximum absolute atomic E-state index is 13.4. The summed E-state index contributed by atoms with van der Waals surface area (Å²) in [5.41, 5.74) is 0.797. The summed E-state index contributed by atoms with van der Waals surface area (Å²) in [7, 11) is 0. The van der Waals surface area contributed by atoms with Crippen LogP contribution in [0.3, 0.4) is 0 Å². The predicted octanol–water partition coefficient (Wildman–Crippen LogP) is 4.55. The Labute approximate surface area is 101 Å². The predicted molar refractivity (Wildman–Crippen MR) is 65.4 cm³/mol. The fraction of sp³-hybridized carbons (Fsp3) is 0.455. The van der Waals surface area contributed by atoms with Crippen LogP contribution in [-0.4, -0.2) is 5.33 Å². The summed E-state index contributed by atoms with van der Waals surface area (Å²) < 4.78 is 14.3. The molecule has 0 fully saturated rings. The fourth-order valence-electron chi connectivity index (χ4n) is 1.32. The first-order valence-electron chi connectivity index (χ1n) is 4.67. The second-order valence-electron chi connectivity index (χ2n) is 3.37. The molecule has 0 aliphatic rings. The highest BCUT2D eigenvalue weighted by molar-refractivity contribution is 9.10. The molecule has 1 aromatic carbocycles. The highest BCUT2D eigenvalue weighted by Crippen LogP contribution is 2.20. The minimum absolute atomic E-state index is 0.104. The summed E-state index contributed by atoms with van der Waals surface area (Å²) in [5.74, 6) is 0.409. The van der Waals surface area contributed by atoms with E-state index < -0.39 is 0 Å². The second kappa shape index (κ2) is 5.86. The molecule has 0 heterocycles. The van der Waals surface area contributed by atoms with Gasteiger partial charge < -0.3 is 0 Å². The SMILES string of the molecule is CCC(CBr)Cc1cc(Br)ccc1F. The second-order valence-corrected chi connectivity index (χ2v) is 4.93. The molecule has 0 amide bonds. The molecule has 0 saturated carbocycles. The van der Waals surface area contributed by atoms with Gasteiger partial charge in [-0.2, -0.15) is 0 Å². The Bertz CT molecular complexity index is 295. The van der Waals surface area contributed by atoms with Crippen LogP contribution in [0.5, 0.6) is 0 Å². The number of rotatable bonds is 4. The van der Waals surface area contributed by atoms with Crippen LogP contribution in [0.1, 0.15) is 18.9 Å². The molecule has 3 heteroatoms. The lowest BCUT2D eigenvalue weighted by molar-refractivity contribution is 0.540. The molecule has 1 atom stereocenters. The molecule has 1 unspecified atom stereocenters. The third kappa shape index (κ3) is 3.35. The van der Waals surface area contributed by atoms with Gasteiger partial charge in [0.1, 0.15) is 5.82 Å². The largest absolute Gasteiger partial charge is 0.207 e. The van der Waals surface area contributed by atoms with Crippen molar-refractivity contribution in [3.63, 3.8) is 0 Å². The molecule has 0 radical (unpaired) electrons. The van der Waals surface area contributed by atoms with Crippen LogP contribution in [0, 0.1) is 11.7 Å². The van der Waals surface area contributed by atoms with Crippen molar-refractivity contribution in [2.45, 2.75) is 19.8 Å². The van der Waals surface area contributed by atoms with Gasteiger partial charge in [0, 0.05) is 9.80 Å². The van der Waals surface area contributed by atoms with Gasteiger partial charge in [0.2, 0.25) is 0 Å². The van der Waals surface area contributed by atoms with Crippen molar-refractivity contribution in [2.24, 2.45) is 5.92 Å². The standard InChI is InChI=1S/C11H13Br2F/c1-2-8(7-12)5-9-6-10(13)3-4-11(9)14/h3-4,6,8H,2,5,7H2,1H3. The molecule has 0 nitrogen and oxygen atoms in total. The molecule has 0 aromatic heterocycles. The number of hydrogen-bond donors (Lipinski definition) is 0. The van der Waals surface area contributed by atoms with Gasteiger partial charge in [0.25, 0.3) is 0 Å². The Morgan fingerprint density at radius 2 is 2.14 bits per heavy atom. The molecule has 0 aliphatic heterocycles. The summed E-state index contributed by atoms with van der Waals surface area (Å²) in [6.07, 6.45) is 1.87. The summed E-state index contributed by atoms with van der Waals surface area (Å²) in [6, 6.07) is 5.11. The van der Waals surface area contributed by atoms with Crippen LogP contribution in [0.4, 0.5) is 4.39 Å². The van der Waals surface area contributed by atoms with Gasteiger partial charge in [-0.05, 0) is 36.1 Å². The summed E-state index contributed by atoms with van der Waals surface area (Å²) in [4.78, 5) is 0. The third-order valence-electron chi connectivity index (χ3n) is 2.31. The number of alkyl halides is 1. The zero-order valence-electron chi connectivity index (χ0n) is 8.06. The molecule has 0 bridgehead atoms. The highest BCUT2D eigenvalue weighted by Gasteiger charge is 2.09. The van der Waals surface area contributed by atoms with Gasteiger partial charge in [-0.3, -0.25) is 0 Å². The van der Waals surface area contributed by atoms with Gasteiger partial charge in [-0.25, -0.2) is 4.39 Å². The fourth-order valence-corrected chi connectivity index (χ4v) is 2.41. The van der Waals surface area contributed by atoms with E-state index in [-0.39, 0.29) is 5.82 Å². The smallest absolute Gasteiger partial charge is 0.126 e. The molecule has 14 heavy (non-hydrogen) atoms. The first kappa shape index (κ1) is 12.2. The zero-order chi connectivity index (χ0) is 10.6. The quantitative estimate of drug-likeness (QED) is 0.713. The van der Waals surface area contributed by atoms with Crippen LogP contribution in [0.15, 0.2) is 22.7 Å². The van der Waals surface area contributed by atoms with Crippen molar-refractivity contribution in [1.82, 2.24) is 0 Å². The van der Waals surface area contributed by atoms with Crippen LogP contribution >= 0.6 is 31.9 Å². The molecule has 0 aliphatic carbocycles. The monoisotopic (exact) mass is 322 g/mol. The summed E-state index contributed by atoms with van der Waals surface area (Å²) in [5, 5.41) is 0.926. The van der Waals surface area contributed by atoms with Crippen molar-refractivity contribution >= 4 is 31.9 Å². The van der Waals surface area contributed by atoms with E-state index in [9.17, 15) is 4.39 Å². The Balaban J connectivity index is 2.79. The minimum atomic E-state index is -0.104. The van der Waals surface area contributed by atoms with E-state index >= 15 is 0 Å². The van der Waals surface area contributed by atoms with Crippen LogP contribution in [-0.2, 0) is 6.42 Å². The Kier molecular flexibility index (Phi) is 5.10. The Morgan fingerprint density at radius 1 is 1.43 bits per heavy atom. The molecule has 0 N–H and O–H groups in total. The lowest BCUT2D eigenvalue weighted by Gasteiger charge is -2.12. The van der Waals surface area contributed by atoms with E-state index in [0.29, 0.717) is 5.92 Å². The molecular weight excluding hydrogens is 311 g/mol. The number of benzene rings is 1. The summed E-state index contributed by atoms with van der Waals surface area (Å²) in [6.45, 7) is 2.13. The Hall–Kier alpha value is 0.110. The normalized spacial score (nSPS) is 12.9. The lowest BCUT2D eigenvalue weighted by atomic mass is 9.99. The van der Waals surface area contributed by atoms with Crippen LogP contribution in [0.25, 0.3) is 0 Å². The van der Waals surface area contributed by atoms with E-state index in [1.165, 1.54) is 6.07 Å². The highest BCUT2D eigenvalue weighted by atomic mass is 79.9. The van der Waals surface area contributed by atoms with Crippen molar-refractivity contribution < 1.29 is 4.39 Å². The van der Waals surface area contributed by atoms with E-state index in [2.05, 4.69) is 38.8 Å². The van der Waals surface area contributed by atoms with Gasteiger partial charge >= 0.3 is 0 Å². The maximum Gasteiger partial charge on any atom is 0.126 e.